The van der Waals surface area contributed by atoms with E-state index < -0.39 is 0 Å². The summed E-state index contributed by atoms with van der Waals surface area (Å²) in [5.74, 6) is 0. The van der Waals surface area contributed by atoms with Gasteiger partial charge in [-0.25, -0.2) is 0 Å². The number of fused-ring (bicyclic) bond motifs is 1. The van der Waals surface area contributed by atoms with Crippen LogP contribution < -0.4 is 5.32 Å². The van der Waals surface area contributed by atoms with Crippen LogP contribution in [0, 0.1) is 5.41 Å². The Bertz CT molecular complexity index is 412. The molecule has 19 heavy (non-hydrogen) atoms. The first-order valence-corrected chi connectivity index (χ1v) is 8.48. The number of thioether (sulfide) groups is 1. The average Bonchev–Trinajstić information content (AvgIpc) is 3.07. The molecule has 1 unspecified atom stereocenters. The van der Waals surface area contributed by atoms with Gasteiger partial charge in [0.2, 0.25) is 0 Å². The lowest BCUT2D eigenvalue weighted by Gasteiger charge is -2.27. The van der Waals surface area contributed by atoms with Gasteiger partial charge in [0, 0.05) is 16.2 Å². The van der Waals surface area contributed by atoms with Gasteiger partial charge in [0.05, 0.1) is 0 Å². The van der Waals surface area contributed by atoms with Gasteiger partial charge >= 0.3 is 0 Å². The van der Waals surface area contributed by atoms with Crippen LogP contribution in [0.2, 0.25) is 0 Å². The second kappa shape index (κ2) is 5.49. The first kappa shape index (κ1) is 13.5. The van der Waals surface area contributed by atoms with E-state index in [0.29, 0.717) is 5.41 Å². The minimum atomic E-state index is 0.460. The highest BCUT2D eigenvalue weighted by Gasteiger charge is 2.29. The van der Waals surface area contributed by atoms with Crippen molar-refractivity contribution < 1.29 is 0 Å². The SMILES string of the molecule is CC(C)(CCNC1CC1)CC1Cc2ccccc2S1. The van der Waals surface area contributed by atoms with Crippen LogP contribution in [0.3, 0.4) is 0 Å². The Kier molecular flexibility index (Phi) is 3.91. The molecule has 0 spiro atoms. The summed E-state index contributed by atoms with van der Waals surface area (Å²) < 4.78 is 0. The fraction of sp³-hybridized carbons (Fsp3) is 0.647. The maximum Gasteiger partial charge on any atom is 0.0140 e. The minimum absolute atomic E-state index is 0.460. The largest absolute Gasteiger partial charge is 0.314 e. The van der Waals surface area contributed by atoms with Crippen LogP contribution in [0.5, 0.6) is 0 Å². The number of hydrogen-bond donors (Lipinski definition) is 1. The van der Waals surface area contributed by atoms with Crippen molar-refractivity contribution in [3.63, 3.8) is 0 Å². The summed E-state index contributed by atoms with van der Waals surface area (Å²) in [5.41, 5.74) is 2.02. The lowest BCUT2D eigenvalue weighted by Crippen LogP contribution is -2.26. The normalized spacial score (nSPS) is 22.5. The summed E-state index contributed by atoms with van der Waals surface area (Å²) in [6.07, 6.45) is 6.69. The first-order chi connectivity index (χ1) is 9.12. The van der Waals surface area contributed by atoms with Crippen molar-refractivity contribution in [3.8, 4) is 0 Å². The molecule has 0 bridgehead atoms. The third kappa shape index (κ3) is 3.76. The highest BCUT2D eigenvalue weighted by Crippen LogP contribution is 2.42. The molecule has 0 amide bonds. The lowest BCUT2D eigenvalue weighted by atomic mass is 9.83. The summed E-state index contributed by atoms with van der Waals surface area (Å²) >= 11 is 2.09. The molecule has 1 aromatic rings. The zero-order chi connectivity index (χ0) is 13.3. The predicted octanol–water partition coefficient (Wildman–Crippen LogP) is 4.26. The Morgan fingerprint density at radius 3 is 2.79 bits per heavy atom. The lowest BCUT2D eigenvalue weighted by molar-refractivity contribution is 0.299. The van der Waals surface area contributed by atoms with E-state index in [1.807, 2.05) is 0 Å². The summed E-state index contributed by atoms with van der Waals surface area (Å²) in [6, 6.07) is 9.76. The van der Waals surface area contributed by atoms with Crippen molar-refractivity contribution in [1.82, 2.24) is 5.32 Å². The number of hydrogen-bond acceptors (Lipinski definition) is 2. The molecule has 104 valence electrons. The van der Waals surface area contributed by atoms with E-state index in [0.717, 1.165) is 11.3 Å². The smallest absolute Gasteiger partial charge is 0.0140 e. The highest BCUT2D eigenvalue weighted by molar-refractivity contribution is 8.00. The quantitative estimate of drug-likeness (QED) is 0.832. The fourth-order valence-electron chi connectivity index (χ4n) is 2.99. The number of benzene rings is 1. The molecule has 2 heteroatoms. The van der Waals surface area contributed by atoms with Gasteiger partial charge in [0.25, 0.3) is 0 Å². The van der Waals surface area contributed by atoms with Crippen molar-refractivity contribution in [2.45, 2.75) is 62.1 Å². The molecular formula is C17H25NS. The standard InChI is InChI=1S/C17H25NS/c1-17(2,9-10-18-14-7-8-14)12-15-11-13-5-3-4-6-16(13)19-15/h3-6,14-15,18H,7-12H2,1-2H3. The second-order valence-corrected chi connectivity index (χ2v) is 8.24. The maximum atomic E-state index is 3.65. The third-order valence-corrected chi connectivity index (χ3v) is 5.63. The zero-order valence-electron chi connectivity index (χ0n) is 12.1. The number of nitrogens with one attached hydrogen (secondary N) is 1. The molecule has 1 aliphatic heterocycles. The zero-order valence-corrected chi connectivity index (χ0v) is 12.9. The molecule has 1 nitrogen and oxygen atoms in total. The van der Waals surface area contributed by atoms with E-state index in [-0.39, 0.29) is 0 Å². The fourth-order valence-corrected chi connectivity index (χ4v) is 4.60. The van der Waals surface area contributed by atoms with Gasteiger partial charge in [0.1, 0.15) is 0 Å². The molecule has 0 aromatic heterocycles. The van der Waals surface area contributed by atoms with Crippen LogP contribution in [-0.2, 0) is 6.42 Å². The molecule has 1 aromatic carbocycles. The van der Waals surface area contributed by atoms with Crippen molar-refractivity contribution in [1.29, 1.82) is 0 Å². The van der Waals surface area contributed by atoms with E-state index >= 15 is 0 Å². The molecule has 3 rings (SSSR count). The average molecular weight is 275 g/mol. The Morgan fingerprint density at radius 2 is 2.05 bits per heavy atom. The molecule has 1 heterocycles. The van der Waals surface area contributed by atoms with E-state index in [1.165, 1.54) is 43.5 Å². The summed E-state index contributed by atoms with van der Waals surface area (Å²) in [4.78, 5) is 1.51. The van der Waals surface area contributed by atoms with Gasteiger partial charge in [-0.15, -0.1) is 11.8 Å². The first-order valence-electron chi connectivity index (χ1n) is 7.60. The highest BCUT2D eigenvalue weighted by atomic mass is 32.2. The number of rotatable bonds is 6. The van der Waals surface area contributed by atoms with Gasteiger partial charge in [-0.3, -0.25) is 0 Å². The van der Waals surface area contributed by atoms with Gasteiger partial charge in [-0.2, -0.15) is 0 Å². The van der Waals surface area contributed by atoms with Crippen LogP contribution in [-0.4, -0.2) is 17.8 Å². The van der Waals surface area contributed by atoms with Crippen molar-refractivity contribution in [2.75, 3.05) is 6.54 Å². The summed E-state index contributed by atoms with van der Waals surface area (Å²) in [6.45, 7) is 6.07. The van der Waals surface area contributed by atoms with E-state index in [2.05, 4.69) is 55.2 Å². The molecule has 1 saturated carbocycles. The van der Waals surface area contributed by atoms with Crippen LogP contribution in [0.25, 0.3) is 0 Å². The van der Waals surface area contributed by atoms with Gasteiger partial charge < -0.3 is 5.32 Å². The van der Waals surface area contributed by atoms with E-state index in [1.54, 1.807) is 5.56 Å². The summed E-state index contributed by atoms with van der Waals surface area (Å²) in [7, 11) is 0. The molecule has 1 aliphatic carbocycles. The Morgan fingerprint density at radius 1 is 1.26 bits per heavy atom. The maximum absolute atomic E-state index is 3.65. The van der Waals surface area contributed by atoms with Gasteiger partial charge in [0.15, 0.2) is 0 Å². The Hall–Kier alpha value is -0.470. The van der Waals surface area contributed by atoms with Crippen LogP contribution >= 0.6 is 11.8 Å². The minimum Gasteiger partial charge on any atom is -0.314 e. The summed E-state index contributed by atoms with van der Waals surface area (Å²) in [5, 5.41) is 4.43. The molecule has 1 fully saturated rings. The second-order valence-electron chi connectivity index (χ2n) is 6.90. The van der Waals surface area contributed by atoms with Crippen LogP contribution in [0.1, 0.15) is 45.1 Å². The van der Waals surface area contributed by atoms with Crippen molar-refractivity contribution in [3.05, 3.63) is 29.8 Å². The van der Waals surface area contributed by atoms with Crippen molar-refractivity contribution in [2.24, 2.45) is 5.41 Å². The molecule has 1 N–H and O–H groups in total. The van der Waals surface area contributed by atoms with E-state index in [4.69, 9.17) is 0 Å². The molecular weight excluding hydrogens is 250 g/mol. The van der Waals surface area contributed by atoms with Crippen LogP contribution in [0.15, 0.2) is 29.2 Å². The predicted molar refractivity (Wildman–Crippen MR) is 83.8 cm³/mol. The van der Waals surface area contributed by atoms with Crippen LogP contribution in [0.4, 0.5) is 0 Å². The molecule has 0 saturated heterocycles. The molecule has 1 atom stereocenters. The third-order valence-electron chi connectivity index (χ3n) is 4.31. The van der Waals surface area contributed by atoms with E-state index in [9.17, 15) is 0 Å². The Balaban J connectivity index is 1.48. The monoisotopic (exact) mass is 275 g/mol. The molecule has 0 radical (unpaired) electrons. The Labute approximate surface area is 121 Å². The van der Waals surface area contributed by atoms with Gasteiger partial charge in [-0.05, 0) is 55.7 Å². The van der Waals surface area contributed by atoms with Crippen molar-refractivity contribution >= 4 is 11.8 Å². The molecule has 2 aliphatic rings. The topological polar surface area (TPSA) is 12.0 Å². The van der Waals surface area contributed by atoms with Gasteiger partial charge in [-0.1, -0.05) is 32.0 Å².